The summed E-state index contributed by atoms with van der Waals surface area (Å²) < 4.78 is 10.7. The average molecular weight is 263 g/mol. The van der Waals surface area contributed by atoms with E-state index in [1.54, 1.807) is 0 Å². The van der Waals surface area contributed by atoms with Crippen molar-refractivity contribution in [3.05, 3.63) is 29.8 Å². The third-order valence-corrected chi connectivity index (χ3v) is 3.20. The lowest BCUT2D eigenvalue weighted by Crippen LogP contribution is -2.27. The summed E-state index contributed by atoms with van der Waals surface area (Å²) in [5.41, 5.74) is 0.735. The van der Waals surface area contributed by atoms with Crippen molar-refractivity contribution in [2.45, 2.75) is 19.8 Å². The first-order chi connectivity index (χ1) is 9.31. The molecule has 0 radical (unpaired) electrons. The summed E-state index contributed by atoms with van der Waals surface area (Å²) in [7, 11) is 0. The van der Waals surface area contributed by atoms with Gasteiger partial charge in [-0.15, -0.1) is 0 Å². The van der Waals surface area contributed by atoms with Crippen LogP contribution in [0.3, 0.4) is 0 Å². The Bertz CT molecular complexity index is 396. The summed E-state index contributed by atoms with van der Waals surface area (Å²) in [6.07, 6.45) is 2.23. The second-order valence-electron chi connectivity index (χ2n) is 4.57. The number of hydrogen-bond donors (Lipinski definition) is 0. The Morgan fingerprint density at radius 2 is 1.84 bits per heavy atom. The molecule has 0 spiro atoms. The molecule has 0 N–H and O–H groups in total. The summed E-state index contributed by atoms with van der Waals surface area (Å²) in [5.74, 6) is 0.899. The Labute approximate surface area is 114 Å². The summed E-state index contributed by atoms with van der Waals surface area (Å²) in [5, 5.41) is 0. The van der Waals surface area contributed by atoms with Gasteiger partial charge in [-0.1, -0.05) is 0 Å². The lowest BCUT2D eigenvalue weighted by atomic mass is 10.2. The van der Waals surface area contributed by atoms with Gasteiger partial charge in [-0.05, 0) is 44.0 Å². The maximum atomic E-state index is 12.1. The van der Waals surface area contributed by atoms with Crippen molar-refractivity contribution in [1.82, 2.24) is 4.90 Å². The molecule has 1 fully saturated rings. The van der Waals surface area contributed by atoms with Crippen LogP contribution in [0.2, 0.25) is 0 Å². The van der Waals surface area contributed by atoms with Crippen LogP contribution in [-0.4, -0.2) is 43.7 Å². The normalized spacial score (nSPS) is 14.7. The van der Waals surface area contributed by atoms with E-state index >= 15 is 0 Å². The number of hydrogen-bond acceptors (Lipinski definition) is 3. The lowest BCUT2D eigenvalue weighted by molar-refractivity contribution is 0.0792. The Morgan fingerprint density at radius 3 is 2.47 bits per heavy atom. The molecule has 0 unspecified atom stereocenters. The molecule has 1 saturated heterocycles. The van der Waals surface area contributed by atoms with Gasteiger partial charge in [0.15, 0.2) is 0 Å². The SMILES string of the molecule is CCOCCOc1ccc(C(=O)N2CCCC2)cc1. The van der Waals surface area contributed by atoms with E-state index in [1.165, 1.54) is 0 Å². The van der Waals surface area contributed by atoms with Crippen LogP contribution < -0.4 is 4.74 Å². The standard InChI is InChI=1S/C15H21NO3/c1-2-18-11-12-19-14-7-5-13(6-8-14)15(17)16-9-3-4-10-16/h5-8H,2-4,9-12H2,1H3. The first-order valence-electron chi connectivity index (χ1n) is 6.91. The molecule has 2 rings (SSSR count). The number of carbonyl (C=O) groups excluding carboxylic acids is 1. The zero-order valence-electron chi connectivity index (χ0n) is 11.4. The van der Waals surface area contributed by atoms with Gasteiger partial charge in [0.2, 0.25) is 0 Å². The van der Waals surface area contributed by atoms with Crippen LogP contribution in [0.25, 0.3) is 0 Å². The molecule has 1 aromatic carbocycles. The van der Waals surface area contributed by atoms with Gasteiger partial charge in [-0.2, -0.15) is 0 Å². The molecule has 4 heteroatoms. The average Bonchev–Trinajstić information content (AvgIpc) is 2.98. The van der Waals surface area contributed by atoms with Crippen LogP contribution in [0.1, 0.15) is 30.1 Å². The first kappa shape index (κ1) is 13.9. The van der Waals surface area contributed by atoms with E-state index in [1.807, 2.05) is 36.1 Å². The molecule has 0 bridgehead atoms. The van der Waals surface area contributed by atoms with Gasteiger partial charge in [0.25, 0.3) is 5.91 Å². The minimum atomic E-state index is 0.123. The maximum absolute atomic E-state index is 12.1. The molecule has 104 valence electrons. The smallest absolute Gasteiger partial charge is 0.253 e. The Hall–Kier alpha value is -1.55. The highest BCUT2D eigenvalue weighted by atomic mass is 16.5. The molecule has 0 saturated carbocycles. The molecule has 4 nitrogen and oxygen atoms in total. The van der Waals surface area contributed by atoms with Crippen molar-refractivity contribution < 1.29 is 14.3 Å². The van der Waals surface area contributed by atoms with Crippen molar-refractivity contribution in [3.63, 3.8) is 0 Å². The third-order valence-electron chi connectivity index (χ3n) is 3.20. The van der Waals surface area contributed by atoms with Crippen molar-refractivity contribution >= 4 is 5.91 Å². The first-order valence-corrected chi connectivity index (χ1v) is 6.91. The number of rotatable bonds is 6. The molecule has 19 heavy (non-hydrogen) atoms. The van der Waals surface area contributed by atoms with Crippen LogP contribution >= 0.6 is 0 Å². The molecule has 1 amide bonds. The van der Waals surface area contributed by atoms with E-state index in [-0.39, 0.29) is 5.91 Å². The number of carbonyl (C=O) groups is 1. The van der Waals surface area contributed by atoms with Crippen molar-refractivity contribution in [3.8, 4) is 5.75 Å². The number of amides is 1. The highest BCUT2D eigenvalue weighted by molar-refractivity contribution is 5.94. The van der Waals surface area contributed by atoms with Gasteiger partial charge in [-0.25, -0.2) is 0 Å². The van der Waals surface area contributed by atoms with Crippen molar-refractivity contribution in [2.75, 3.05) is 32.9 Å². The Morgan fingerprint density at radius 1 is 1.16 bits per heavy atom. The molecular weight excluding hydrogens is 242 g/mol. The summed E-state index contributed by atoms with van der Waals surface area (Å²) in [6, 6.07) is 7.35. The quantitative estimate of drug-likeness (QED) is 0.739. The Kier molecular flexibility index (Phi) is 5.21. The summed E-state index contributed by atoms with van der Waals surface area (Å²) in [4.78, 5) is 14.0. The maximum Gasteiger partial charge on any atom is 0.253 e. The predicted molar refractivity (Wildman–Crippen MR) is 73.6 cm³/mol. The zero-order chi connectivity index (χ0) is 13.5. The van der Waals surface area contributed by atoms with Crippen LogP contribution in [0.15, 0.2) is 24.3 Å². The minimum Gasteiger partial charge on any atom is -0.491 e. The molecule has 1 heterocycles. The lowest BCUT2D eigenvalue weighted by Gasteiger charge is -2.15. The van der Waals surface area contributed by atoms with Gasteiger partial charge in [0.1, 0.15) is 12.4 Å². The van der Waals surface area contributed by atoms with E-state index in [2.05, 4.69) is 0 Å². The van der Waals surface area contributed by atoms with Crippen molar-refractivity contribution in [1.29, 1.82) is 0 Å². The van der Waals surface area contributed by atoms with Gasteiger partial charge >= 0.3 is 0 Å². The molecular formula is C15H21NO3. The third kappa shape index (κ3) is 3.96. The largest absolute Gasteiger partial charge is 0.491 e. The van der Waals surface area contributed by atoms with Crippen LogP contribution in [0, 0.1) is 0 Å². The van der Waals surface area contributed by atoms with Gasteiger partial charge < -0.3 is 14.4 Å². The van der Waals surface area contributed by atoms with Crippen LogP contribution in [-0.2, 0) is 4.74 Å². The fourth-order valence-corrected chi connectivity index (χ4v) is 2.16. The van der Waals surface area contributed by atoms with Gasteiger partial charge in [0, 0.05) is 25.3 Å². The van der Waals surface area contributed by atoms with E-state index < -0.39 is 0 Å². The molecule has 0 aliphatic carbocycles. The van der Waals surface area contributed by atoms with Gasteiger partial charge in [0.05, 0.1) is 6.61 Å². The second kappa shape index (κ2) is 7.14. The minimum absolute atomic E-state index is 0.123. The summed E-state index contributed by atoms with van der Waals surface area (Å²) in [6.45, 7) is 5.54. The highest BCUT2D eigenvalue weighted by Gasteiger charge is 2.19. The van der Waals surface area contributed by atoms with E-state index in [4.69, 9.17) is 9.47 Å². The summed E-state index contributed by atoms with van der Waals surface area (Å²) >= 11 is 0. The molecule has 1 aromatic rings. The monoisotopic (exact) mass is 263 g/mol. The number of benzene rings is 1. The fraction of sp³-hybridized carbons (Fsp3) is 0.533. The topological polar surface area (TPSA) is 38.8 Å². The Balaban J connectivity index is 1.85. The molecule has 0 atom stereocenters. The van der Waals surface area contributed by atoms with E-state index in [9.17, 15) is 4.79 Å². The van der Waals surface area contributed by atoms with E-state index in [0.29, 0.717) is 19.8 Å². The molecule has 1 aliphatic heterocycles. The van der Waals surface area contributed by atoms with Gasteiger partial charge in [-0.3, -0.25) is 4.79 Å². The van der Waals surface area contributed by atoms with E-state index in [0.717, 1.165) is 37.2 Å². The second-order valence-corrected chi connectivity index (χ2v) is 4.57. The number of likely N-dealkylation sites (tertiary alicyclic amines) is 1. The molecule has 1 aliphatic rings. The number of nitrogens with zero attached hydrogens (tertiary/aromatic N) is 1. The van der Waals surface area contributed by atoms with Crippen molar-refractivity contribution in [2.24, 2.45) is 0 Å². The predicted octanol–water partition coefficient (Wildman–Crippen LogP) is 2.34. The fourth-order valence-electron chi connectivity index (χ4n) is 2.16. The zero-order valence-corrected chi connectivity index (χ0v) is 11.4. The molecule has 0 aromatic heterocycles. The van der Waals surface area contributed by atoms with Crippen LogP contribution in [0.5, 0.6) is 5.75 Å². The highest BCUT2D eigenvalue weighted by Crippen LogP contribution is 2.16. The number of ether oxygens (including phenoxy) is 2. The van der Waals surface area contributed by atoms with Crippen LogP contribution in [0.4, 0.5) is 0 Å².